The molecule has 0 unspecified atom stereocenters. The minimum Gasteiger partial charge on any atom is -0.492 e. The molecule has 0 atom stereocenters. The number of rotatable bonds is 4. The van der Waals surface area contributed by atoms with E-state index in [4.69, 9.17) is 9.47 Å². The highest BCUT2D eigenvalue weighted by Gasteiger charge is 2.17. The molecule has 0 N–H and O–H groups in total. The maximum Gasteiger partial charge on any atom is 0.177 e. The number of halogens is 2. The van der Waals surface area contributed by atoms with Crippen LogP contribution in [0.4, 0.5) is 0 Å². The van der Waals surface area contributed by atoms with Gasteiger partial charge in [-0.25, -0.2) is 0 Å². The van der Waals surface area contributed by atoms with Crippen LogP contribution in [-0.2, 0) is 0 Å². The molecule has 2 nitrogen and oxygen atoms in total. The van der Waals surface area contributed by atoms with E-state index in [9.17, 15) is 0 Å². The quantitative estimate of drug-likeness (QED) is 0.787. The smallest absolute Gasteiger partial charge is 0.177 e. The molecule has 0 bridgehead atoms. The molecule has 0 radical (unpaired) electrons. The summed E-state index contributed by atoms with van der Waals surface area (Å²) >= 11 is 6.95. The standard InChI is InChI=1S/C12H14Br2O2/c1-5-8-6-9(13)11(15-4)12(10(8)14)16-7(2)3/h5-7H,1H2,2-4H3. The fraction of sp³-hybridized carbons (Fsp3) is 0.333. The summed E-state index contributed by atoms with van der Waals surface area (Å²) in [7, 11) is 1.62. The molecule has 0 fully saturated rings. The van der Waals surface area contributed by atoms with Gasteiger partial charge in [-0.2, -0.15) is 0 Å². The molecule has 1 rings (SSSR count). The van der Waals surface area contributed by atoms with Gasteiger partial charge in [0.25, 0.3) is 0 Å². The van der Waals surface area contributed by atoms with E-state index in [1.165, 1.54) is 0 Å². The Balaban J connectivity index is 3.39. The largest absolute Gasteiger partial charge is 0.492 e. The zero-order valence-corrected chi connectivity index (χ0v) is 12.7. The summed E-state index contributed by atoms with van der Waals surface area (Å²) in [6.45, 7) is 7.71. The van der Waals surface area contributed by atoms with Gasteiger partial charge in [0, 0.05) is 0 Å². The lowest BCUT2D eigenvalue weighted by molar-refractivity contribution is 0.228. The second-order valence-corrected chi connectivity index (χ2v) is 5.14. The van der Waals surface area contributed by atoms with Gasteiger partial charge in [0.15, 0.2) is 11.5 Å². The third-order valence-electron chi connectivity index (χ3n) is 1.94. The molecule has 0 amide bonds. The van der Waals surface area contributed by atoms with Crippen LogP contribution in [0, 0.1) is 0 Å². The van der Waals surface area contributed by atoms with Crippen molar-refractivity contribution < 1.29 is 9.47 Å². The van der Waals surface area contributed by atoms with Crippen molar-refractivity contribution in [2.45, 2.75) is 20.0 Å². The summed E-state index contributed by atoms with van der Waals surface area (Å²) in [5.41, 5.74) is 0.961. The van der Waals surface area contributed by atoms with Gasteiger partial charge in [-0.05, 0) is 57.3 Å². The van der Waals surface area contributed by atoms with E-state index >= 15 is 0 Å². The number of hydrogen-bond acceptors (Lipinski definition) is 2. The highest BCUT2D eigenvalue weighted by molar-refractivity contribution is 9.11. The Bertz CT molecular complexity index is 400. The minimum absolute atomic E-state index is 0.0807. The Morgan fingerprint density at radius 2 is 1.94 bits per heavy atom. The molecule has 0 aromatic heterocycles. The predicted octanol–water partition coefficient (Wildman–Crippen LogP) is 4.65. The van der Waals surface area contributed by atoms with E-state index < -0.39 is 0 Å². The highest BCUT2D eigenvalue weighted by Crippen LogP contribution is 2.44. The van der Waals surface area contributed by atoms with Gasteiger partial charge in [0.05, 0.1) is 22.2 Å². The third kappa shape index (κ3) is 2.80. The van der Waals surface area contributed by atoms with Crippen LogP contribution >= 0.6 is 31.9 Å². The van der Waals surface area contributed by atoms with Crippen molar-refractivity contribution in [2.75, 3.05) is 7.11 Å². The van der Waals surface area contributed by atoms with E-state index in [0.717, 1.165) is 14.5 Å². The summed E-state index contributed by atoms with van der Waals surface area (Å²) in [5, 5.41) is 0. The van der Waals surface area contributed by atoms with E-state index in [-0.39, 0.29) is 6.10 Å². The highest BCUT2D eigenvalue weighted by atomic mass is 79.9. The van der Waals surface area contributed by atoms with E-state index in [0.29, 0.717) is 11.5 Å². The molecule has 4 heteroatoms. The zero-order valence-electron chi connectivity index (χ0n) is 9.51. The molecule has 0 aliphatic rings. The third-order valence-corrected chi connectivity index (χ3v) is 3.34. The number of benzene rings is 1. The topological polar surface area (TPSA) is 18.5 Å². The Kier molecular flexibility index (Phi) is 4.87. The summed E-state index contributed by atoms with van der Waals surface area (Å²) in [6, 6.07) is 1.93. The molecule has 0 spiro atoms. The van der Waals surface area contributed by atoms with E-state index in [1.54, 1.807) is 13.2 Å². The zero-order chi connectivity index (χ0) is 12.3. The van der Waals surface area contributed by atoms with Crippen LogP contribution in [0.2, 0.25) is 0 Å². The van der Waals surface area contributed by atoms with Crippen LogP contribution in [0.5, 0.6) is 11.5 Å². The van der Waals surface area contributed by atoms with Crippen LogP contribution in [0.15, 0.2) is 21.6 Å². The first kappa shape index (κ1) is 13.6. The van der Waals surface area contributed by atoms with Crippen LogP contribution < -0.4 is 9.47 Å². The molecule has 1 aromatic rings. The molecule has 88 valence electrons. The first-order valence-electron chi connectivity index (χ1n) is 4.86. The average Bonchev–Trinajstić information content (AvgIpc) is 2.22. The summed E-state index contributed by atoms with van der Waals surface area (Å²) in [6.07, 6.45) is 1.85. The lowest BCUT2D eigenvalue weighted by atomic mass is 10.2. The predicted molar refractivity (Wildman–Crippen MR) is 74.2 cm³/mol. The monoisotopic (exact) mass is 348 g/mol. The van der Waals surface area contributed by atoms with Gasteiger partial charge < -0.3 is 9.47 Å². The molecule has 1 aromatic carbocycles. The Morgan fingerprint density at radius 3 is 2.38 bits per heavy atom. The second-order valence-electron chi connectivity index (χ2n) is 3.49. The molecule has 16 heavy (non-hydrogen) atoms. The van der Waals surface area contributed by atoms with Crippen molar-refractivity contribution in [3.8, 4) is 11.5 Å². The van der Waals surface area contributed by atoms with Crippen LogP contribution in [0.25, 0.3) is 6.08 Å². The number of hydrogen-bond donors (Lipinski definition) is 0. The lowest BCUT2D eigenvalue weighted by Crippen LogP contribution is -2.08. The van der Waals surface area contributed by atoms with Crippen molar-refractivity contribution in [3.05, 3.63) is 27.2 Å². The van der Waals surface area contributed by atoms with Crippen molar-refractivity contribution in [1.29, 1.82) is 0 Å². The van der Waals surface area contributed by atoms with E-state index in [1.807, 2.05) is 19.9 Å². The molecule has 0 heterocycles. The van der Waals surface area contributed by atoms with Crippen molar-refractivity contribution >= 4 is 37.9 Å². The first-order chi connectivity index (χ1) is 7.51. The normalized spacial score (nSPS) is 10.4. The van der Waals surface area contributed by atoms with Crippen LogP contribution in [-0.4, -0.2) is 13.2 Å². The minimum atomic E-state index is 0.0807. The summed E-state index contributed by atoms with van der Waals surface area (Å²) in [5.74, 6) is 1.38. The summed E-state index contributed by atoms with van der Waals surface area (Å²) in [4.78, 5) is 0. The van der Waals surface area contributed by atoms with Crippen LogP contribution in [0.3, 0.4) is 0 Å². The first-order valence-corrected chi connectivity index (χ1v) is 6.45. The van der Waals surface area contributed by atoms with Gasteiger partial charge in [-0.15, -0.1) is 0 Å². The van der Waals surface area contributed by atoms with Crippen LogP contribution in [0.1, 0.15) is 19.4 Å². The van der Waals surface area contributed by atoms with E-state index in [2.05, 4.69) is 38.4 Å². The van der Waals surface area contributed by atoms with Crippen molar-refractivity contribution in [3.63, 3.8) is 0 Å². The lowest BCUT2D eigenvalue weighted by Gasteiger charge is -2.17. The Hall–Kier alpha value is -0.480. The maximum atomic E-state index is 5.74. The summed E-state index contributed by atoms with van der Waals surface area (Å²) < 4.78 is 12.8. The van der Waals surface area contributed by atoms with Gasteiger partial charge in [0.1, 0.15) is 0 Å². The molecular formula is C12H14Br2O2. The molecular weight excluding hydrogens is 336 g/mol. The van der Waals surface area contributed by atoms with Gasteiger partial charge >= 0.3 is 0 Å². The van der Waals surface area contributed by atoms with Crippen molar-refractivity contribution in [1.82, 2.24) is 0 Å². The maximum absolute atomic E-state index is 5.74. The Morgan fingerprint density at radius 1 is 1.31 bits per heavy atom. The SMILES string of the molecule is C=Cc1cc(Br)c(OC)c(OC(C)C)c1Br. The molecule has 0 saturated carbocycles. The van der Waals surface area contributed by atoms with Gasteiger partial charge in [-0.3, -0.25) is 0 Å². The molecule has 0 saturated heterocycles. The number of ether oxygens (including phenoxy) is 2. The fourth-order valence-corrected chi connectivity index (χ4v) is 2.42. The second kappa shape index (κ2) is 5.73. The van der Waals surface area contributed by atoms with Gasteiger partial charge in [-0.1, -0.05) is 12.7 Å². The fourth-order valence-electron chi connectivity index (χ4n) is 1.28. The Labute approximate surface area is 113 Å². The average molecular weight is 350 g/mol. The van der Waals surface area contributed by atoms with Crippen molar-refractivity contribution in [2.24, 2.45) is 0 Å². The number of methoxy groups -OCH3 is 1. The van der Waals surface area contributed by atoms with Gasteiger partial charge in [0.2, 0.25) is 0 Å². The molecule has 0 aliphatic heterocycles. The molecule has 0 aliphatic carbocycles.